The molecule has 2 heterocycles. The van der Waals surface area contributed by atoms with Crippen LogP contribution in [0.2, 0.25) is 0 Å². The van der Waals surface area contributed by atoms with Gasteiger partial charge in [-0.25, -0.2) is 13.4 Å². The summed E-state index contributed by atoms with van der Waals surface area (Å²) in [4.78, 5) is 21.9. The molecule has 4 rings (SSSR count). The van der Waals surface area contributed by atoms with Crippen molar-refractivity contribution in [2.75, 3.05) is 6.26 Å². The number of hydrogen-bond donors (Lipinski definition) is 1. The van der Waals surface area contributed by atoms with Crippen LogP contribution in [0.25, 0.3) is 20.7 Å². The molecule has 0 spiro atoms. The van der Waals surface area contributed by atoms with Crippen molar-refractivity contribution in [3.05, 3.63) is 81.9 Å². The van der Waals surface area contributed by atoms with Crippen molar-refractivity contribution in [1.82, 2.24) is 9.97 Å². The molecule has 0 amide bonds. The first kappa shape index (κ1) is 18.6. The third-order valence-electron chi connectivity index (χ3n) is 4.51. The van der Waals surface area contributed by atoms with Gasteiger partial charge >= 0.3 is 0 Å². The summed E-state index contributed by atoms with van der Waals surface area (Å²) in [5.74, 6) is 0.557. The number of aromatic amines is 1. The minimum absolute atomic E-state index is 0.164. The van der Waals surface area contributed by atoms with Crippen molar-refractivity contribution < 1.29 is 8.42 Å². The van der Waals surface area contributed by atoms with Gasteiger partial charge in [-0.2, -0.15) is 0 Å². The smallest absolute Gasteiger partial charge is 0.259 e. The molecule has 2 aromatic carbocycles. The molecule has 7 heteroatoms. The van der Waals surface area contributed by atoms with E-state index in [-0.39, 0.29) is 10.5 Å². The highest BCUT2D eigenvalue weighted by Gasteiger charge is 2.11. The Labute approximate surface area is 166 Å². The molecule has 0 aliphatic heterocycles. The lowest BCUT2D eigenvalue weighted by molar-refractivity contribution is 0.602. The highest BCUT2D eigenvalue weighted by Crippen LogP contribution is 2.31. The molecule has 142 valence electrons. The van der Waals surface area contributed by atoms with Gasteiger partial charge in [-0.3, -0.25) is 4.79 Å². The molecule has 0 aliphatic carbocycles. The highest BCUT2D eigenvalue weighted by molar-refractivity contribution is 7.90. The minimum Gasteiger partial charge on any atom is -0.310 e. The van der Waals surface area contributed by atoms with Crippen LogP contribution in [0.1, 0.15) is 17.0 Å². The lowest BCUT2D eigenvalue weighted by Gasteiger charge is -2.03. The molecule has 0 bridgehead atoms. The lowest BCUT2D eigenvalue weighted by Crippen LogP contribution is -2.11. The molecule has 0 aliphatic rings. The largest absolute Gasteiger partial charge is 0.310 e. The number of thiophene rings is 1. The molecule has 2 aromatic heterocycles. The van der Waals surface area contributed by atoms with E-state index in [1.165, 1.54) is 23.2 Å². The molecule has 0 fully saturated rings. The van der Waals surface area contributed by atoms with Gasteiger partial charge < -0.3 is 4.98 Å². The van der Waals surface area contributed by atoms with Gasteiger partial charge in [-0.05, 0) is 36.2 Å². The van der Waals surface area contributed by atoms with Gasteiger partial charge in [0.2, 0.25) is 0 Å². The zero-order valence-corrected chi connectivity index (χ0v) is 17.0. The Kier molecular flexibility index (Phi) is 4.64. The minimum atomic E-state index is -3.23. The third kappa shape index (κ3) is 3.76. The summed E-state index contributed by atoms with van der Waals surface area (Å²) in [6.07, 6.45) is 1.60. The number of aryl methyl sites for hydroxylation is 1. The first-order chi connectivity index (χ1) is 13.3. The predicted octanol–water partition coefficient (Wildman–Crippen LogP) is 3.95. The van der Waals surface area contributed by atoms with Crippen LogP contribution in [0.5, 0.6) is 0 Å². The first-order valence-corrected chi connectivity index (χ1v) is 11.4. The molecule has 0 radical (unpaired) electrons. The summed E-state index contributed by atoms with van der Waals surface area (Å²) in [6.45, 7) is 2.04. The second kappa shape index (κ2) is 7.00. The van der Waals surface area contributed by atoms with Crippen molar-refractivity contribution in [2.45, 2.75) is 18.2 Å². The monoisotopic (exact) mass is 410 g/mol. The number of nitrogens with zero attached hydrogens (tertiary/aromatic N) is 1. The zero-order valence-electron chi connectivity index (χ0n) is 15.4. The number of H-pyrrole nitrogens is 1. The van der Waals surface area contributed by atoms with Crippen molar-refractivity contribution in [3.63, 3.8) is 0 Å². The Morgan fingerprint density at radius 1 is 1.04 bits per heavy atom. The van der Waals surface area contributed by atoms with Gasteiger partial charge in [0, 0.05) is 17.6 Å². The lowest BCUT2D eigenvalue weighted by atomic mass is 10.1. The maximum Gasteiger partial charge on any atom is 0.259 e. The average Bonchev–Trinajstić information content (AvgIpc) is 3.07. The second-order valence-electron chi connectivity index (χ2n) is 6.80. The van der Waals surface area contributed by atoms with E-state index in [0.717, 1.165) is 16.0 Å². The average molecular weight is 411 g/mol. The van der Waals surface area contributed by atoms with E-state index < -0.39 is 9.84 Å². The van der Waals surface area contributed by atoms with Gasteiger partial charge in [0.15, 0.2) is 9.84 Å². The van der Waals surface area contributed by atoms with Crippen molar-refractivity contribution >= 4 is 31.4 Å². The van der Waals surface area contributed by atoms with Gasteiger partial charge in [-0.15, -0.1) is 11.3 Å². The predicted molar refractivity (Wildman–Crippen MR) is 113 cm³/mol. The van der Waals surface area contributed by atoms with Crippen LogP contribution < -0.4 is 5.56 Å². The first-order valence-electron chi connectivity index (χ1n) is 8.68. The van der Waals surface area contributed by atoms with E-state index in [9.17, 15) is 13.2 Å². The quantitative estimate of drug-likeness (QED) is 0.552. The second-order valence-corrected chi connectivity index (χ2v) is 9.85. The molecule has 5 nitrogen and oxygen atoms in total. The topological polar surface area (TPSA) is 79.9 Å². The highest BCUT2D eigenvalue weighted by atomic mass is 32.2. The fourth-order valence-corrected chi connectivity index (χ4v) is 4.65. The summed E-state index contributed by atoms with van der Waals surface area (Å²) < 4.78 is 23.1. The standard InChI is InChI=1S/C21H18N2O3S2/c1-13-3-7-15(8-4-13)18-12-17-20(24)22-19(23-21(17)27-18)11-14-5-9-16(10-6-14)28(2,25)26/h3-10,12H,11H2,1-2H3,(H,22,23,24). The summed E-state index contributed by atoms with van der Waals surface area (Å²) in [5.41, 5.74) is 2.96. The number of sulfone groups is 1. The molecular formula is C21H18N2O3S2. The number of benzene rings is 2. The van der Waals surface area contributed by atoms with E-state index in [1.54, 1.807) is 24.3 Å². The molecule has 0 unspecified atom stereocenters. The van der Waals surface area contributed by atoms with E-state index in [2.05, 4.69) is 9.97 Å². The van der Waals surface area contributed by atoms with Gasteiger partial charge in [0.05, 0.1) is 10.3 Å². The number of fused-ring (bicyclic) bond motifs is 1. The molecule has 4 aromatic rings. The summed E-state index contributed by atoms with van der Waals surface area (Å²) >= 11 is 1.49. The van der Waals surface area contributed by atoms with Crippen molar-refractivity contribution in [1.29, 1.82) is 0 Å². The molecule has 0 saturated carbocycles. The number of aromatic nitrogens is 2. The number of nitrogens with one attached hydrogen (secondary N) is 1. The van der Waals surface area contributed by atoms with E-state index in [4.69, 9.17) is 0 Å². The van der Waals surface area contributed by atoms with Crippen LogP contribution >= 0.6 is 11.3 Å². The summed E-state index contributed by atoms with van der Waals surface area (Å²) in [7, 11) is -3.23. The van der Waals surface area contributed by atoms with Crippen molar-refractivity contribution in [3.8, 4) is 10.4 Å². The van der Waals surface area contributed by atoms with Gasteiger partial charge in [0.1, 0.15) is 10.7 Å². The van der Waals surface area contributed by atoms with Gasteiger partial charge in [-0.1, -0.05) is 42.0 Å². The Morgan fingerprint density at radius 2 is 1.71 bits per heavy atom. The SMILES string of the molecule is Cc1ccc(-c2cc3c(=O)[nH]c(Cc4ccc(S(C)(=O)=O)cc4)nc3s2)cc1. The van der Waals surface area contributed by atoms with E-state index in [0.29, 0.717) is 22.5 Å². The fraction of sp³-hybridized carbons (Fsp3) is 0.143. The van der Waals surface area contributed by atoms with Crippen LogP contribution in [-0.2, 0) is 16.3 Å². The molecule has 0 atom stereocenters. The van der Waals surface area contributed by atoms with Crippen LogP contribution in [0, 0.1) is 6.92 Å². The van der Waals surface area contributed by atoms with Crippen molar-refractivity contribution in [2.24, 2.45) is 0 Å². The molecular weight excluding hydrogens is 392 g/mol. The molecule has 28 heavy (non-hydrogen) atoms. The van der Waals surface area contributed by atoms with Gasteiger partial charge in [0.25, 0.3) is 5.56 Å². The maximum absolute atomic E-state index is 12.5. The summed E-state index contributed by atoms with van der Waals surface area (Å²) in [5, 5.41) is 0.580. The Hall–Kier alpha value is -2.77. The molecule has 1 N–H and O–H groups in total. The Balaban J connectivity index is 1.67. The Bertz CT molecular complexity index is 1320. The van der Waals surface area contributed by atoms with E-state index >= 15 is 0 Å². The number of rotatable bonds is 4. The van der Waals surface area contributed by atoms with Crippen LogP contribution in [0.15, 0.2) is 64.3 Å². The van der Waals surface area contributed by atoms with Crippen LogP contribution in [0.3, 0.4) is 0 Å². The Morgan fingerprint density at radius 3 is 2.36 bits per heavy atom. The fourth-order valence-electron chi connectivity index (χ4n) is 2.97. The zero-order chi connectivity index (χ0) is 19.9. The normalized spacial score (nSPS) is 11.8. The molecule has 0 saturated heterocycles. The maximum atomic E-state index is 12.5. The number of hydrogen-bond acceptors (Lipinski definition) is 5. The van der Waals surface area contributed by atoms with E-state index in [1.807, 2.05) is 37.3 Å². The third-order valence-corrected chi connectivity index (χ3v) is 6.72. The van der Waals surface area contributed by atoms with Crippen LogP contribution in [-0.4, -0.2) is 24.6 Å². The van der Waals surface area contributed by atoms with Crippen LogP contribution in [0.4, 0.5) is 0 Å². The summed E-state index contributed by atoms with van der Waals surface area (Å²) in [6, 6.07) is 16.7.